The van der Waals surface area contributed by atoms with Gasteiger partial charge >= 0.3 is 0 Å². The van der Waals surface area contributed by atoms with E-state index in [0.29, 0.717) is 0 Å². The van der Waals surface area contributed by atoms with Crippen molar-refractivity contribution < 1.29 is 4.74 Å². The molecular weight excluding hydrogens is 757 g/mol. The van der Waals surface area contributed by atoms with Gasteiger partial charge in [0.2, 0.25) is 0 Å². The van der Waals surface area contributed by atoms with Crippen molar-refractivity contribution in [2.24, 2.45) is 21.7 Å². The molecule has 0 aliphatic rings. The Morgan fingerprint density at radius 3 is 1.82 bits per heavy atom. The van der Waals surface area contributed by atoms with Crippen molar-refractivity contribution in [2.45, 2.75) is 171 Å². The van der Waals surface area contributed by atoms with Gasteiger partial charge in [-0.3, -0.25) is 0 Å². The molecule has 0 heterocycles. The van der Waals surface area contributed by atoms with Crippen LogP contribution in [0, 0.1) is 27.6 Å². The number of aryl methyl sites for hydroxylation is 2. The molecule has 329 valence electrons. The Balaban J connectivity index is 1.83. The van der Waals surface area contributed by atoms with Gasteiger partial charge in [-0.15, -0.1) is 11.8 Å². The number of thioether (sulfide) groups is 1. The minimum Gasteiger partial charge on any atom is -0.491 e. The van der Waals surface area contributed by atoms with Crippen LogP contribution in [0.3, 0.4) is 0 Å². The maximum absolute atomic E-state index is 6.51. The number of rotatable bonds is 20. The average Bonchev–Trinajstić information content (AvgIpc) is 3.19. The monoisotopic (exact) mass is 838 g/mol. The second kappa shape index (κ2) is 21.3. The Bertz CT molecular complexity index is 2070. The predicted octanol–water partition coefficient (Wildman–Crippen LogP) is 17.9. The van der Waals surface area contributed by atoms with Crippen LogP contribution in [0.25, 0.3) is 10.8 Å². The SMILES string of the molecule is CCCSc1ccc(C(CC(C)(C)C)[C](c2ccc3ccccc3c2)C(CCCCc2ccc(CCC)cc2)(C(CC(C)(C)C)c2cccc(OC(C)C)c2)C(C)(C)C)cc1. The van der Waals surface area contributed by atoms with Crippen molar-refractivity contribution in [1.29, 1.82) is 0 Å². The molecule has 0 bridgehead atoms. The first kappa shape index (κ1) is 48.5. The quantitative estimate of drug-likeness (QED) is 0.0570. The molecule has 1 nitrogen and oxygen atoms in total. The molecule has 0 amide bonds. The summed E-state index contributed by atoms with van der Waals surface area (Å²) in [5.41, 5.74) is 6.93. The van der Waals surface area contributed by atoms with E-state index in [4.69, 9.17) is 4.74 Å². The molecule has 3 atom stereocenters. The lowest BCUT2D eigenvalue weighted by Gasteiger charge is -2.59. The van der Waals surface area contributed by atoms with Gasteiger partial charge in [-0.1, -0.05) is 180 Å². The van der Waals surface area contributed by atoms with Crippen LogP contribution in [0.1, 0.15) is 175 Å². The van der Waals surface area contributed by atoms with Gasteiger partial charge in [0.1, 0.15) is 5.75 Å². The summed E-state index contributed by atoms with van der Waals surface area (Å²) in [6.45, 7) is 31.3. The van der Waals surface area contributed by atoms with E-state index in [9.17, 15) is 0 Å². The molecule has 0 aliphatic heterocycles. The summed E-state index contributed by atoms with van der Waals surface area (Å²) in [5, 5.41) is 2.61. The van der Waals surface area contributed by atoms with Crippen molar-refractivity contribution >= 4 is 22.5 Å². The van der Waals surface area contributed by atoms with Crippen LogP contribution < -0.4 is 4.74 Å². The number of ether oxygens (including phenoxy) is 1. The lowest BCUT2D eigenvalue weighted by atomic mass is 9.45. The van der Waals surface area contributed by atoms with Crippen LogP contribution in [-0.2, 0) is 12.8 Å². The zero-order chi connectivity index (χ0) is 44.4. The van der Waals surface area contributed by atoms with Crippen LogP contribution in [-0.4, -0.2) is 11.9 Å². The topological polar surface area (TPSA) is 9.23 Å². The van der Waals surface area contributed by atoms with Gasteiger partial charge in [-0.25, -0.2) is 0 Å². The van der Waals surface area contributed by atoms with E-state index in [1.165, 1.54) is 56.3 Å². The first-order valence-electron chi connectivity index (χ1n) is 23.8. The summed E-state index contributed by atoms with van der Waals surface area (Å²) in [6.07, 6.45) is 10.2. The van der Waals surface area contributed by atoms with Crippen molar-refractivity contribution in [3.05, 3.63) is 149 Å². The molecule has 0 aliphatic carbocycles. The second-order valence-corrected chi connectivity index (χ2v) is 22.9. The Labute approximate surface area is 378 Å². The van der Waals surface area contributed by atoms with E-state index in [1.54, 1.807) is 5.92 Å². The highest BCUT2D eigenvalue weighted by Crippen LogP contribution is 2.66. The smallest absolute Gasteiger partial charge is 0.119 e. The lowest BCUT2D eigenvalue weighted by Crippen LogP contribution is -2.50. The van der Waals surface area contributed by atoms with Gasteiger partial charge in [-0.05, 0) is 161 Å². The lowest BCUT2D eigenvalue weighted by molar-refractivity contribution is 0.0291. The molecule has 0 aromatic heterocycles. The van der Waals surface area contributed by atoms with E-state index in [0.717, 1.165) is 56.4 Å². The van der Waals surface area contributed by atoms with Crippen LogP contribution in [0.15, 0.2) is 120 Å². The van der Waals surface area contributed by atoms with Crippen LogP contribution in [0.4, 0.5) is 0 Å². The summed E-state index contributed by atoms with van der Waals surface area (Å²) < 4.78 is 6.51. The van der Waals surface area contributed by atoms with Gasteiger partial charge in [0.05, 0.1) is 6.10 Å². The van der Waals surface area contributed by atoms with Gasteiger partial charge in [-0.2, -0.15) is 0 Å². The molecule has 0 saturated carbocycles. The molecule has 5 rings (SSSR count). The summed E-state index contributed by atoms with van der Waals surface area (Å²) in [4.78, 5) is 1.37. The molecule has 0 saturated heterocycles. The second-order valence-electron chi connectivity index (χ2n) is 21.8. The minimum absolute atomic E-state index is 0.0719. The van der Waals surface area contributed by atoms with Crippen LogP contribution in [0.2, 0.25) is 0 Å². The summed E-state index contributed by atoms with van der Waals surface area (Å²) in [5.74, 6) is 4.15. The predicted molar refractivity (Wildman–Crippen MR) is 269 cm³/mol. The van der Waals surface area contributed by atoms with E-state index < -0.39 is 0 Å². The number of hydrogen-bond donors (Lipinski definition) is 0. The summed E-state index contributed by atoms with van der Waals surface area (Å²) >= 11 is 1.98. The van der Waals surface area contributed by atoms with Crippen molar-refractivity contribution in [3.8, 4) is 5.75 Å². The zero-order valence-corrected chi connectivity index (χ0v) is 41.4. The molecule has 3 unspecified atom stereocenters. The third-order valence-corrected chi connectivity index (χ3v) is 13.9. The van der Waals surface area contributed by atoms with Crippen LogP contribution in [0.5, 0.6) is 5.75 Å². The van der Waals surface area contributed by atoms with Gasteiger partial charge in [0, 0.05) is 10.8 Å². The highest BCUT2D eigenvalue weighted by atomic mass is 32.2. The first-order chi connectivity index (χ1) is 28.8. The largest absolute Gasteiger partial charge is 0.491 e. The molecule has 1 radical (unpaired) electrons. The highest BCUT2D eigenvalue weighted by Gasteiger charge is 2.57. The Morgan fingerprint density at radius 2 is 1.23 bits per heavy atom. The number of unbranched alkanes of at least 4 members (excludes halogenated alkanes) is 1. The van der Waals surface area contributed by atoms with Crippen molar-refractivity contribution in [2.75, 3.05) is 5.75 Å². The number of benzene rings is 5. The van der Waals surface area contributed by atoms with Crippen molar-refractivity contribution in [1.82, 2.24) is 0 Å². The number of hydrogen-bond acceptors (Lipinski definition) is 2. The van der Waals surface area contributed by atoms with Gasteiger partial charge in [0.25, 0.3) is 0 Å². The fourth-order valence-corrected chi connectivity index (χ4v) is 10.9. The maximum atomic E-state index is 6.51. The summed E-state index contributed by atoms with van der Waals surface area (Å²) in [6, 6.07) is 45.0. The van der Waals surface area contributed by atoms with Gasteiger partial charge in [0.15, 0.2) is 0 Å². The molecular formula is C59H81OS. The van der Waals surface area contributed by atoms with E-state index >= 15 is 0 Å². The molecule has 0 spiro atoms. The minimum atomic E-state index is -0.240. The molecule has 2 heteroatoms. The average molecular weight is 838 g/mol. The fourth-order valence-electron chi connectivity index (χ4n) is 10.1. The Morgan fingerprint density at radius 1 is 0.590 bits per heavy atom. The van der Waals surface area contributed by atoms with E-state index in [-0.39, 0.29) is 39.6 Å². The molecule has 61 heavy (non-hydrogen) atoms. The molecule has 0 fully saturated rings. The fraction of sp³-hybridized carbons (Fsp3) is 0.508. The molecule has 0 N–H and O–H groups in total. The van der Waals surface area contributed by atoms with Crippen molar-refractivity contribution in [3.63, 3.8) is 0 Å². The molecule has 5 aromatic carbocycles. The standard InChI is InChI=1S/C59H81OS/c1-14-21-44-27-29-45(30-28-44)22-18-19-37-59(58(11,12)13,54(42-57(8,9)10)49-25-20-26-51(40-49)60-43(3)4)55(50-32-31-46-23-16-17-24-48(46)39-50)53(41-56(5,6)7)47-33-35-52(36-34-47)61-38-15-2/h16-17,20,23-36,39-40,43,53-54H,14-15,18-19,21-22,37-38,41-42H2,1-13H3. The third kappa shape index (κ3) is 13.3. The van der Waals surface area contributed by atoms with E-state index in [1.807, 2.05) is 11.8 Å². The first-order valence-corrected chi connectivity index (χ1v) is 24.8. The Kier molecular flexibility index (Phi) is 16.9. The normalized spacial score (nSPS) is 14.7. The third-order valence-electron chi connectivity index (χ3n) is 12.7. The molecule has 5 aromatic rings. The van der Waals surface area contributed by atoms with E-state index in [2.05, 4.69) is 205 Å². The Hall–Kier alpha value is -3.49. The summed E-state index contributed by atoms with van der Waals surface area (Å²) in [7, 11) is 0. The van der Waals surface area contributed by atoms with Gasteiger partial charge < -0.3 is 4.74 Å². The van der Waals surface area contributed by atoms with Crippen LogP contribution >= 0.6 is 11.8 Å². The maximum Gasteiger partial charge on any atom is 0.119 e. The zero-order valence-electron chi connectivity index (χ0n) is 40.6. The highest BCUT2D eigenvalue weighted by molar-refractivity contribution is 7.99. The number of fused-ring (bicyclic) bond motifs is 1.